The Balaban J connectivity index is 1.96. The predicted molar refractivity (Wildman–Crippen MR) is 75.1 cm³/mol. The van der Waals surface area contributed by atoms with Crippen molar-refractivity contribution in [2.45, 2.75) is 51.4 Å². The van der Waals surface area contributed by atoms with Gasteiger partial charge in [0, 0.05) is 29.3 Å². The normalized spacial score (nSPS) is 21.1. The van der Waals surface area contributed by atoms with Crippen LogP contribution in [0.3, 0.4) is 0 Å². The molecule has 0 aliphatic carbocycles. The van der Waals surface area contributed by atoms with Crippen LogP contribution in [0.25, 0.3) is 0 Å². The quantitative estimate of drug-likeness (QED) is 0.796. The van der Waals surface area contributed by atoms with E-state index in [1.54, 1.807) is 6.20 Å². The highest BCUT2D eigenvalue weighted by atomic mass is 16.4. The Morgan fingerprint density at radius 3 is 2.89 bits per heavy atom. The largest absolute Gasteiger partial charge is 0.481 e. The van der Waals surface area contributed by atoms with Gasteiger partial charge in [0.15, 0.2) is 5.82 Å². The molecule has 2 heterocycles. The lowest BCUT2D eigenvalue weighted by Gasteiger charge is -2.25. The first kappa shape index (κ1) is 13.7. The van der Waals surface area contributed by atoms with Gasteiger partial charge in [-0.2, -0.15) is 0 Å². The van der Waals surface area contributed by atoms with Gasteiger partial charge in [0.25, 0.3) is 0 Å². The molecule has 0 amide bonds. The van der Waals surface area contributed by atoms with E-state index in [9.17, 15) is 4.79 Å². The molecule has 4 heteroatoms. The van der Waals surface area contributed by atoms with Crippen molar-refractivity contribution in [3.8, 4) is 0 Å². The monoisotopic (exact) mass is 260 g/mol. The van der Waals surface area contributed by atoms with Crippen LogP contribution in [-0.2, 0) is 10.2 Å². The van der Waals surface area contributed by atoms with Gasteiger partial charge >= 0.3 is 5.97 Å². The number of aliphatic carboxylic acids is 1. The lowest BCUT2D eigenvalue weighted by Crippen LogP contribution is -2.27. The SMILES string of the molecule is CC1=Nc2ncccc2C1(C)CCCCCC(=O)O. The summed E-state index contributed by atoms with van der Waals surface area (Å²) in [4.78, 5) is 19.3. The summed E-state index contributed by atoms with van der Waals surface area (Å²) in [6, 6.07) is 4.05. The first-order chi connectivity index (χ1) is 9.04. The van der Waals surface area contributed by atoms with E-state index in [2.05, 4.69) is 29.9 Å². The molecule has 1 atom stereocenters. The van der Waals surface area contributed by atoms with E-state index in [1.807, 2.05) is 6.07 Å². The Bertz CT molecular complexity index is 511. The summed E-state index contributed by atoms with van der Waals surface area (Å²) in [6.07, 6.45) is 5.76. The van der Waals surface area contributed by atoms with Crippen LogP contribution < -0.4 is 0 Å². The maximum atomic E-state index is 10.5. The fourth-order valence-corrected chi connectivity index (χ4v) is 2.64. The third kappa shape index (κ3) is 2.83. The van der Waals surface area contributed by atoms with E-state index in [4.69, 9.17) is 5.11 Å². The summed E-state index contributed by atoms with van der Waals surface area (Å²) in [7, 11) is 0. The Hall–Kier alpha value is -1.71. The Kier molecular flexibility index (Phi) is 3.98. The number of unbranched alkanes of at least 4 members (excludes halogenated alkanes) is 2. The number of rotatable bonds is 6. The number of hydrogen-bond acceptors (Lipinski definition) is 3. The minimum Gasteiger partial charge on any atom is -0.481 e. The van der Waals surface area contributed by atoms with Crippen LogP contribution in [0.5, 0.6) is 0 Å². The molecular weight excluding hydrogens is 240 g/mol. The smallest absolute Gasteiger partial charge is 0.303 e. The van der Waals surface area contributed by atoms with Crippen molar-refractivity contribution in [3.05, 3.63) is 23.9 Å². The lowest BCUT2D eigenvalue weighted by atomic mass is 9.76. The molecule has 1 aromatic rings. The van der Waals surface area contributed by atoms with E-state index in [0.29, 0.717) is 0 Å². The number of hydrogen-bond donors (Lipinski definition) is 1. The van der Waals surface area contributed by atoms with E-state index in [1.165, 1.54) is 5.56 Å². The average Bonchev–Trinajstić information content (AvgIpc) is 2.62. The lowest BCUT2D eigenvalue weighted by molar-refractivity contribution is -0.137. The van der Waals surface area contributed by atoms with Crippen molar-refractivity contribution in [1.29, 1.82) is 0 Å². The van der Waals surface area contributed by atoms with Crippen LogP contribution >= 0.6 is 0 Å². The molecule has 1 unspecified atom stereocenters. The van der Waals surface area contributed by atoms with Gasteiger partial charge in [-0.3, -0.25) is 4.79 Å². The van der Waals surface area contributed by atoms with E-state index in [0.717, 1.165) is 37.2 Å². The molecular formula is C15H20N2O2. The number of aromatic nitrogens is 1. The first-order valence-corrected chi connectivity index (χ1v) is 6.77. The van der Waals surface area contributed by atoms with E-state index in [-0.39, 0.29) is 11.8 Å². The maximum absolute atomic E-state index is 10.5. The van der Waals surface area contributed by atoms with Crippen LogP contribution in [0, 0.1) is 0 Å². The molecule has 102 valence electrons. The number of carbonyl (C=O) groups is 1. The Morgan fingerprint density at radius 2 is 2.16 bits per heavy atom. The zero-order chi connectivity index (χ0) is 13.9. The molecule has 0 spiro atoms. The number of pyridine rings is 1. The third-order valence-corrected chi connectivity index (χ3v) is 4.02. The Morgan fingerprint density at radius 1 is 1.37 bits per heavy atom. The summed E-state index contributed by atoms with van der Waals surface area (Å²) >= 11 is 0. The zero-order valence-electron chi connectivity index (χ0n) is 11.5. The molecule has 0 aromatic carbocycles. The predicted octanol–water partition coefficient (Wildman–Crippen LogP) is 3.48. The fourth-order valence-electron chi connectivity index (χ4n) is 2.64. The topological polar surface area (TPSA) is 62.5 Å². The number of aliphatic imine (C=N–C) groups is 1. The van der Waals surface area contributed by atoms with Crippen LogP contribution in [0.4, 0.5) is 5.82 Å². The van der Waals surface area contributed by atoms with Crippen molar-refractivity contribution >= 4 is 17.5 Å². The standard InChI is InChI=1S/C15H20N2O2/c1-11-15(2,9-5-3-4-8-13(18)19)12-7-6-10-16-14(12)17-11/h6-7,10H,3-5,8-9H2,1-2H3,(H,18,19). The van der Waals surface area contributed by atoms with Crippen LogP contribution in [-0.4, -0.2) is 21.8 Å². The maximum Gasteiger partial charge on any atom is 0.303 e. The van der Waals surface area contributed by atoms with Crippen LogP contribution in [0.1, 0.15) is 51.5 Å². The molecule has 1 aliphatic rings. The zero-order valence-corrected chi connectivity index (χ0v) is 11.5. The number of carboxylic acids is 1. The minimum absolute atomic E-state index is 0.0349. The molecule has 19 heavy (non-hydrogen) atoms. The summed E-state index contributed by atoms with van der Waals surface area (Å²) in [6.45, 7) is 4.26. The van der Waals surface area contributed by atoms with Gasteiger partial charge < -0.3 is 5.11 Å². The second-order valence-electron chi connectivity index (χ2n) is 5.36. The summed E-state index contributed by atoms with van der Waals surface area (Å²) in [5.74, 6) is 0.132. The molecule has 4 nitrogen and oxygen atoms in total. The summed E-state index contributed by atoms with van der Waals surface area (Å²) in [5, 5.41) is 8.62. The highest BCUT2D eigenvalue weighted by molar-refractivity contribution is 5.99. The van der Waals surface area contributed by atoms with Crippen molar-refractivity contribution < 1.29 is 9.90 Å². The van der Waals surface area contributed by atoms with Gasteiger partial charge in [-0.1, -0.05) is 25.8 Å². The molecule has 1 N–H and O–H groups in total. The first-order valence-electron chi connectivity index (χ1n) is 6.77. The van der Waals surface area contributed by atoms with Crippen molar-refractivity contribution in [2.24, 2.45) is 4.99 Å². The molecule has 2 rings (SSSR count). The van der Waals surface area contributed by atoms with Gasteiger partial charge in [0.05, 0.1) is 0 Å². The average molecular weight is 260 g/mol. The number of fused-ring (bicyclic) bond motifs is 1. The molecule has 1 aromatic heterocycles. The summed E-state index contributed by atoms with van der Waals surface area (Å²) < 4.78 is 0. The molecule has 1 aliphatic heterocycles. The molecule has 0 saturated carbocycles. The van der Waals surface area contributed by atoms with Gasteiger partial charge in [-0.05, 0) is 25.8 Å². The molecule has 0 radical (unpaired) electrons. The van der Waals surface area contributed by atoms with Crippen LogP contribution in [0.15, 0.2) is 23.3 Å². The van der Waals surface area contributed by atoms with Gasteiger partial charge in [-0.15, -0.1) is 0 Å². The van der Waals surface area contributed by atoms with E-state index < -0.39 is 5.97 Å². The van der Waals surface area contributed by atoms with Crippen molar-refractivity contribution in [1.82, 2.24) is 4.98 Å². The van der Waals surface area contributed by atoms with Gasteiger partial charge in [-0.25, -0.2) is 9.98 Å². The number of nitrogens with zero attached hydrogens (tertiary/aromatic N) is 2. The highest BCUT2D eigenvalue weighted by Crippen LogP contribution is 2.41. The molecule has 0 saturated heterocycles. The van der Waals surface area contributed by atoms with E-state index >= 15 is 0 Å². The number of carboxylic acid groups (broad SMARTS) is 1. The van der Waals surface area contributed by atoms with Crippen LogP contribution in [0.2, 0.25) is 0 Å². The van der Waals surface area contributed by atoms with Crippen molar-refractivity contribution in [3.63, 3.8) is 0 Å². The van der Waals surface area contributed by atoms with Gasteiger partial charge in [0.2, 0.25) is 0 Å². The highest BCUT2D eigenvalue weighted by Gasteiger charge is 2.36. The van der Waals surface area contributed by atoms with Crippen molar-refractivity contribution in [2.75, 3.05) is 0 Å². The minimum atomic E-state index is -0.709. The second-order valence-corrected chi connectivity index (χ2v) is 5.36. The second kappa shape index (κ2) is 5.51. The fraction of sp³-hybridized carbons (Fsp3) is 0.533. The third-order valence-electron chi connectivity index (χ3n) is 4.02. The summed E-state index contributed by atoms with van der Waals surface area (Å²) in [5.41, 5.74) is 2.28. The van der Waals surface area contributed by atoms with Gasteiger partial charge in [0.1, 0.15) is 0 Å². The molecule has 0 fully saturated rings. The molecule has 0 bridgehead atoms. The Labute approximate surface area is 113 Å².